The molecule has 3 rings (SSSR count). The van der Waals surface area contributed by atoms with Gasteiger partial charge >= 0.3 is 5.97 Å². The molecule has 2 N–H and O–H groups in total. The fourth-order valence-electron chi connectivity index (χ4n) is 2.84. The molecule has 2 atom stereocenters. The first-order valence-electron chi connectivity index (χ1n) is 6.60. The van der Waals surface area contributed by atoms with Gasteiger partial charge in [-0.1, -0.05) is 18.2 Å². The van der Waals surface area contributed by atoms with Gasteiger partial charge < -0.3 is 15.1 Å². The van der Waals surface area contributed by atoms with Gasteiger partial charge in [-0.15, -0.1) is 0 Å². The summed E-state index contributed by atoms with van der Waals surface area (Å²) in [5.41, 5.74) is 2.51. The standard InChI is InChI=1S/C15H16N2O3/c1-9-6-13(11-4-2-3-5-12(11)16-9)17-8-10(18)7-14(17)15(19)20/h2-6,10,14,18H,7-8H2,1H3,(H,19,20). The Morgan fingerprint density at radius 3 is 2.90 bits per heavy atom. The predicted octanol–water partition coefficient (Wildman–Crippen LogP) is 1.57. The number of fused-ring (bicyclic) bond motifs is 1. The lowest BCUT2D eigenvalue weighted by Crippen LogP contribution is -2.36. The molecule has 5 heteroatoms. The first-order chi connectivity index (χ1) is 9.56. The van der Waals surface area contributed by atoms with Crippen molar-refractivity contribution in [3.63, 3.8) is 0 Å². The molecule has 1 aliphatic rings. The van der Waals surface area contributed by atoms with E-state index in [9.17, 15) is 15.0 Å². The molecule has 20 heavy (non-hydrogen) atoms. The molecule has 0 saturated carbocycles. The third-order valence-corrected chi connectivity index (χ3v) is 3.70. The van der Waals surface area contributed by atoms with Crippen LogP contribution in [0.2, 0.25) is 0 Å². The molecule has 0 amide bonds. The SMILES string of the molecule is Cc1cc(N2CC(O)CC2C(=O)O)c2ccccc2n1. The van der Waals surface area contributed by atoms with Crippen LogP contribution in [0.3, 0.4) is 0 Å². The highest BCUT2D eigenvalue weighted by Crippen LogP contribution is 2.32. The van der Waals surface area contributed by atoms with Gasteiger partial charge in [-0.25, -0.2) is 4.79 Å². The van der Waals surface area contributed by atoms with Crippen LogP contribution in [0.4, 0.5) is 5.69 Å². The Morgan fingerprint density at radius 1 is 1.40 bits per heavy atom. The molecular formula is C15H16N2O3. The summed E-state index contributed by atoms with van der Waals surface area (Å²) in [5.74, 6) is -0.903. The second kappa shape index (κ2) is 4.76. The average Bonchev–Trinajstić information content (AvgIpc) is 2.80. The van der Waals surface area contributed by atoms with Gasteiger partial charge in [0.15, 0.2) is 0 Å². The Balaban J connectivity index is 2.16. The third-order valence-electron chi connectivity index (χ3n) is 3.70. The zero-order valence-electron chi connectivity index (χ0n) is 11.2. The molecule has 1 aromatic carbocycles. The van der Waals surface area contributed by atoms with E-state index in [4.69, 9.17) is 0 Å². The van der Waals surface area contributed by atoms with Gasteiger partial charge in [-0.3, -0.25) is 4.98 Å². The van der Waals surface area contributed by atoms with Crippen LogP contribution in [0, 0.1) is 6.92 Å². The summed E-state index contributed by atoms with van der Waals surface area (Å²) >= 11 is 0. The molecule has 1 saturated heterocycles. The number of aliphatic hydroxyl groups is 1. The Hall–Kier alpha value is -2.14. The number of aliphatic hydroxyl groups excluding tert-OH is 1. The first kappa shape index (κ1) is 12.9. The molecule has 104 valence electrons. The number of hydrogen-bond acceptors (Lipinski definition) is 4. The molecule has 5 nitrogen and oxygen atoms in total. The van der Waals surface area contributed by atoms with Crippen molar-refractivity contribution in [2.24, 2.45) is 0 Å². The molecule has 0 aliphatic carbocycles. The number of aliphatic carboxylic acids is 1. The summed E-state index contributed by atoms with van der Waals surface area (Å²) in [6.45, 7) is 2.22. The summed E-state index contributed by atoms with van der Waals surface area (Å²) in [7, 11) is 0. The Labute approximate surface area is 116 Å². The van der Waals surface area contributed by atoms with Gasteiger partial charge in [0.1, 0.15) is 6.04 Å². The third kappa shape index (κ3) is 2.10. The number of carbonyl (C=O) groups is 1. The van der Waals surface area contributed by atoms with Crippen LogP contribution >= 0.6 is 0 Å². The highest BCUT2D eigenvalue weighted by molar-refractivity contribution is 5.94. The maximum absolute atomic E-state index is 11.4. The van der Waals surface area contributed by atoms with Crippen LogP contribution in [-0.2, 0) is 4.79 Å². The summed E-state index contributed by atoms with van der Waals surface area (Å²) in [4.78, 5) is 17.6. The number of rotatable bonds is 2. The van der Waals surface area contributed by atoms with Crippen molar-refractivity contribution in [3.8, 4) is 0 Å². The van der Waals surface area contributed by atoms with E-state index in [0.29, 0.717) is 6.54 Å². The number of aryl methyl sites for hydroxylation is 1. The largest absolute Gasteiger partial charge is 0.480 e. The van der Waals surface area contributed by atoms with E-state index in [1.54, 1.807) is 4.90 Å². The van der Waals surface area contributed by atoms with Crippen molar-refractivity contribution in [1.82, 2.24) is 4.98 Å². The van der Waals surface area contributed by atoms with Crippen LogP contribution < -0.4 is 4.90 Å². The number of anilines is 1. The van der Waals surface area contributed by atoms with Crippen LogP contribution in [0.15, 0.2) is 30.3 Å². The molecule has 0 spiro atoms. The molecule has 1 fully saturated rings. The van der Waals surface area contributed by atoms with E-state index in [2.05, 4.69) is 4.98 Å². The van der Waals surface area contributed by atoms with Crippen molar-refractivity contribution < 1.29 is 15.0 Å². The van der Waals surface area contributed by atoms with Gasteiger partial charge in [0.2, 0.25) is 0 Å². The number of carboxylic acids is 1. The maximum atomic E-state index is 11.4. The molecule has 2 unspecified atom stereocenters. The molecule has 1 aliphatic heterocycles. The van der Waals surface area contributed by atoms with Crippen molar-refractivity contribution >= 4 is 22.6 Å². The zero-order chi connectivity index (χ0) is 14.3. The Morgan fingerprint density at radius 2 is 2.15 bits per heavy atom. The van der Waals surface area contributed by atoms with Crippen LogP contribution in [0.25, 0.3) is 10.9 Å². The van der Waals surface area contributed by atoms with Crippen LogP contribution in [0.1, 0.15) is 12.1 Å². The lowest BCUT2D eigenvalue weighted by molar-refractivity contribution is -0.138. The van der Waals surface area contributed by atoms with E-state index in [0.717, 1.165) is 22.3 Å². The average molecular weight is 272 g/mol. The quantitative estimate of drug-likeness (QED) is 0.868. The van der Waals surface area contributed by atoms with Gasteiger partial charge in [0.25, 0.3) is 0 Å². The van der Waals surface area contributed by atoms with Crippen LogP contribution in [0.5, 0.6) is 0 Å². The number of pyridine rings is 1. The van der Waals surface area contributed by atoms with E-state index in [1.807, 2.05) is 37.3 Å². The number of benzene rings is 1. The minimum Gasteiger partial charge on any atom is -0.480 e. The Kier molecular flexibility index (Phi) is 3.06. The maximum Gasteiger partial charge on any atom is 0.326 e. The monoisotopic (exact) mass is 272 g/mol. The van der Waals surface area contributed by atoms with Gasteiger partial charge in [0.05, 0.1) is 11.6 Å². The summed E-state index contributed by atoms with van der Waals surface area (Å²) in [6, 6.07) is 8.86. The molecular weight excluding hydrogens is 256 g/mol. The highest BCUT2D eigenvalue weighted by Gasteiger charge is 2.36. The normalized spacial score (nSPS) is 22.4. The van der Waals surface area contributed by atoms with Crippen LogP contribution in [-0.4, -0.2) is 39.9 Å². The summed E-state index contributed by atoms with van der Waals surface area (Å²) in [6.07, 6.45) is -0.353. The molecule has 2 aromatic rings. The van der Waals surface area contributed by atoms with E-state index in [-0.39, 0.29) is 6.42 Å². The lowest BCUT2D eigenvalue weighted by atomic mass is 10.1. The Bertz CT molecular complexity index is 671. The zero-order valence-corrected chi connectivity index (χ0v) is 11.2. The summed E-state index contributed by atoms with van der Waals surface area (Å²) in [5, 5.41) is 20.1. The molecule has 0 bridgehead atoms. The second-order valence-electron chi connectivity index (χ2n) is 5.20. The van der Waals surface area contributed by atoms with Crippen molar-refractivity contribution in [2.45, 2.75) is 25.5 Å². The second-order valence-corrected chi connectivity index (χ2v) is 5.20. The lowest BCUT2D eigenvalue weighted by Gasteiger charge is -2.25. The van der Waals surface area contributed by atoms with Crippen molar-refractivity contribution in [2.75, 3.05) is 11.4 Å². The minimum atomic E-state index is -0.903. The topological polar surface area (TPSA) is 73.7 Å². The van der Waals surface area contributed by atoms with Crippen molar-refractivity contribution in [3.05, 3.63) is 36.0 Å². The minimum absolute atomic E-state index is 0.255. The number of carboxylic acid groups (broad SMARTS) is 1. The highest BCUT2D eigenvalue weighted by atomic mass is 16.4. The van der Waals surface area contributed by atoms with Gasteiger partial charge in [-0.2, -0.15) is 0 Å². The van der Waals surface area contributed by atoms with E-state index < -0.39 is 18.1 Å². The predicted molar refractivity (Wildman–Crippen MR) is 75.9 cm³/mol. The van der Waals surface area contributed by atoms with Gasteiger partial charge in [-0.05, 0) is 19.1 Å². The molecule has 1 aromatic heterocycles. The van der Waals surface area contributed by atoms with E-state index >= 15 is 0 Å². The molecule has 0 radical (unpaired) electrons. The summed E-state index contributed by atoms with van der Waals surface area (Å²) < 4.78 is 0. The fourth-order valence-corrected chi connectivity index (χ4v) is 2.84. The van der Waals surface area contributed by atoms with Gasteiger partial charge in [0, 0.05) is 29.7 Å². The number of β-amino-alcohol motifs (C(OH)–C–C–N with tert-alkyl or cyclic N) is 1. The number of para-hydroxylation sites is 1. The van der Waals surface area contributed by atoms with E-state index in [1.165, 1.54) is 0 Å². The van der Waals surface area contributed by atoms with Crippen molar-refractivity contribution in [1.29, 1.82) is 0 Å². The number of aromatic nitrogens is 1. The smallest absolute Gasteiger partial charge is 0.326 e. The fraction of sp³-hybridized carbons (Fsp3) is 0.333. The number of nitrogens with zero attached hydrogens (tertiary/aromatic N) is 2. The first-order valence-corrected chi connectivity index (χ1v) is 6.60. The number of hydrogen-bond donors (Lipinski definition) is 2. The molecule has 2 heterocycles.